The van der Waals surface area contributed by atoms with E-state index in [4.69, 9.17) is 0 Å². The highest BCUT2D eigenvalue weighted by Gasteiger charge is 2.12. The SMILES string of the molecule is c1ncc2c(n1)NOO2. The molecule has 1 aromatic rings. The van der Waals surface area contributed by atoms with Gasteiger partial charge in [-0.15, -0.1) is 0 Å². The molecule has 5 nitrogen and oxygen atoms in total. The molecular formula is C4H3N3O2. The Kier molecular flexibility index (Phi) is 0.782. The Hall–Kier alpha value is -1.36. The molecule has 0 unspecified atom stereocenters. The number of anilines is 1. The Labute approximate surface area is 50.5 Å². The van der Waals surface area contributed by atoms with Crippen LogP contribution in [0.5, 0.6) is 5.75 Å². The summed E-state index contributed by atoms with van der Waals surface area (Å²) >= 11 is 0. The molecule has 0 radical (unpaired) electrons. The van der Waals surface area contributed by atoms with Crippen molar-refractivity contribution in [2.24, 2.45) is 0 Å². The van der Waals surface area contributed by atoms with Crippen LogP contribution >= 0.6 is 0 Å². The molecule has 9 heavy (non-hydrogen) atoms. The third-order valence-corrected chi connectivity index (χ3v) is 0.948. The van der Waals surface area contributed by atoms with Crippen molar-refractivity contribution < 1.29 is 9.88 Å². The van der Waals surface area contributed by atoms with Gasteiger partial charge in [-0.25, -0.2) is 15.4 Å². The molecule has 1 N–H and O–H groups in total. The maximum Gasteiger partial charge on any atom is 0.230 e. The van der Waals surface area contributed by atoms with E-state index in [1.807, 2.05) is 0 Å². The molecule has 5 heteroatoms. The highest BCUT2D eigenvalue weighted by atomic mass is 17.3. The lowest BCUT2D eigenvalue weighted by Gasteiger charge is -1.85. The molecule has 0 saturated heterocycles. The lowest BCUT2D eigenvalue weighted by molar-refractivity contribution is -0.161. The van der Waals surface area contributed by atoms with E-state index < -0.39 is 0 Å². The number of rotatable bonds is 0. The molecule has 1 aromatic heterocycles. The quantitative estimate of drug-likeness (QED) is 0.499. The van der Waals surface area contributed by atoms with Crippen LogP contribution in [0.2, 0.25) is 0 Å². The minimum absolute atomic E-state index is 0.512. The summed E-state index contributed by atoms with van der Waals surface area (Å²) in [7, 11) is 0. The van der Waals surface area contributed by atoms with Crippen LogP contribution in [0.4, 0.5) is 5.82 Å². The number of nitrogens with zero attached hydrogens (tertiary/aromatic N) is 2. The van der Waals surface area contributed by atoms with Gasteiger partial charge < -0.3 is 4.89 Å². The normalized spacial score (nSPS) is 13.8. The molecule has 2 heterocycles. The van der Waals surface area contributed by atoms with Crippen molar-refractivity contribution in [1.29, 1.82) is 0 Å². The molecule has 46 valence electrons. The summed E-state index contributed by atoms with van der Waals surface area (Å²) in [5.74, 6) is 1.07. The first-order valence-corrected chi connectivity index (χ1v) is 2.36. The van der Waals surface area contributed by atoms with E-state index in [1.54, 1.807) is 0 Å². The maximum atomic E-state index is 4.56. The van der Waals surface area contributed by atoms with Gasteiger partial charge in [0, 0.05) is 0 Å². The number of nitrogens with one attached hydrogen (secondary N) is 1. The van der Waals surface area contributed by atoms with Gasteiger partial charge in [-0.1, -0.05) is 4.99 Å². The predicted octanol–water partition coefficient (Wildman–Crippen LogP) is 0.127. The molecule has 0 saturated carbocycles. The fraction of sp³-hybridized carbons (Fsp3) is 0. The van der Waals surface area contributed by atoms with Crippen LogP contribution in [0.25, 0.3) is 0 Å². The smallest absolute Gasteiger partial charge is 0.230 e. The van der Waals surface area contributed by atoms with Crippen LogP contribution in [-0.4, -0.2) is 9.97 Å². The zero-order chi connectivity index (χ0) is 6.10. The lowest BCUT2D eigenvalue weighted by Crippen LogP contribution is -1.92. The lowest BCUT2D eigenvalue weighted by atomic mass is 10.5. The Bertz CT molecular complexity index is 204. The summed E-state index contributed by atoms with van der Waals surface area (Å²) in [5.41, 5.74) is 2.43. The zero-order valence-electron chi connectivity index (χ0n) is 4.37. The summed E-state index contributed by atoms with van der Waals surface area (Å²) in [5, 5.41) is 0. The zero-order valence-corrected chi connectivity index (χ0v) is 4.37. The van der Waals surface area contributed by atoms with Crippen LogP contribution < -0.4 is 10.4 Å². The van der Waals surface area contributed by atoms with Crippen molar-refractivity contribution in [2.75, 3.05) is 5.48 Å². The largest absolute Gasteiger partial charge is 0.309 e. The molecule has 0 spiro atoms. The first kappa shape index (κ1) is 4.51. The third-order valence-electron chi connectivity index (χ3n) is 0.948. The second-order valence-corrected chi connectivity index (χ2v) is 1.50. The van der Waals surface area contributed by atoms with Crippen molar-refractivity contribution in [3.63, 3.8) is 0 Å². The van der Waals surface area contributed by atoms with E-state index in [1.165, 1.54) is 12.5 Å². The maximum absolute atomic E-state index is 4.56. The molecule has 2 rings (SSSR count). The van der Waals surface area contributed by atoms with E-state index in [9.17, 15) is 0 Å². The average Bonchev–Trinajstić information content (AvgIpc) is 2.33. The monoisotopic (exact) mass is 125 g/mol. The second kappa shape index (κ2) is 1.56. The summed E-state index contributed by atoms with van der Waals surface area (Å²) in [6.07, 6.45) is 2.92. The first-order valence-electron chi connectivity index (χ1n) is 2.36. The van der Waals surface area contributed by atoms with E-state index in [0.717, 1.165) is 0 Å². The molecule has 0 fully saturated rings. The van der Waals surface area contributed by atoms with Gasteiger partial charge in [0.05, 0.1) is 6.20 Å². The summed E-state index contributed by atoms with van der Waals surface area (Å²) in [4.78, 5) is 16.4. The summed E-state index contributed by atoms with van der Waals surface area (Å²) < 4.78 is 0. The molecule has 0 atom stereocenters. The highest BCUT2D eigenvalue weighted by Crippen LogP contribution is 2.24. The fourth-order valence-electron chi connectivity index (χ4n) is 0.560. The number of fused-ring (bicyclic) bond motifs is 1. The number of aromatic nitrogens is 2. The van der Waals surface area contributed by atoms with Gasteiger partial charge in [-0.2, -0.15) is 0 Å². The minimum Gasteiger partial charge on any atom is -0.309 e. The first-order chi connectivity index (χ1) is 4.47. The van der Waals surface area contributed by atoms with Crippen molar-refractivity contribution in [3.8, 4) is 5.75 Å². The van der Waals surface area contributed by atoms with Crippen LogP contribution in [0.15, 0.2) is 12.5 Å². The van der Waals surface area contributed by atoms with E-state index >= 15 is 0 Å². The van der Waals surface area contributed by atoms with Gasteiger partial charge in [0.25, 0.3) is 0 Å². The van der Waals surface area contributed by atoms with Crippen molar-refractivity contribution >= 4 is 5.82 Å². The third kappa shape index (κ3) is 0.584. The molecule has 0 aliphatic carbocycles. The van der Waals surface area contributed by atoms with Crippen molar-refractivity contribution in [1.82, 2.24) is 9.97 Å². The molecule has 0 aromatic carbocycles. The molecule has 0 bridgehead atoms. The van der Waals surface area contributed by atoms with Crippen molar-refractivity contribution in [3.05, 3.63) is 12.5 Å². The van der Waals surface area contributed by atoms with Gasteiger partial charge in [0.15, 0.2) is 0 Å². The van der Waals surface area contributed by atoms with Crippen LogP contribution in [0.3, 0.4) is 0 Å². The Morgan fingerprint density at radius 2 is 2.56 bits per heavy atom. The molecular weight excluding hydrogens is 122 g/mol. The highest BCUT2D eigenvalue weighted by molar-refractivity contribution is 5.47. The van der Waals surface area contributed by atoms with Gasteiger partial charge >= 0.3 is 0 Å². The molecule has 1 aliphatic rings. The standard InChI is InChI=1S/C4H3N3O2/c1-3-4(6-2-5-1)7-9-8-3/h1-2H,(H,5,6,7). The van der Waals surface area contributed by atoms with Gasteiger partial charge in [-0.3, -0.25) is 0 Å². The van der Waals surface area contributed by atoms with Gasteiger partial charge in [-0.05, 0) is 0 Å². The Morgan fingerprint density at radius 3 is 3.44 bits per heavy atom. The van der Waals surface area contributed by atoms with Gasteiger partial charge in [0.2, 0.25) is 11.6 Å². The summed E-state index contributed by atoms with van der Waals surface area (Å²) in [6, 6.07) is 0. The minimum atomic E-state index is 0.512. The average molecular weight is 125 g/mol. The van der Waals surface area contributed by atoms with Crippen LogP contribution in [-0.2, 0) is 4.99 Å². The van der Waals surface area contributed by atoms with Crippen LogP contribution in [0.1, 0.15) is 0 Å². The van der Waals surface area contributed by atoms with E-state index in [2.05, 4.69) is 25.3 Å². The van der Waals surface area contributed by atoms with E-state index in [0.29, 0.717) is 11.6 Å². The fourth-order valence-corrected chi connectivity index (χ4v) is 0.560. The van der Waals surface area contributed by atoms with Crippen LogP contribution in [0, 0.1) is 0 Å². The summed E-state index contributed by atoms with van der Waals surface area (Å²) in [6.45, 7) is 0. The number of hydrogen-bond acceptors (Lipinski definition) is 5. The Balaban J connectivity index is 2.54. The van der Waals surface area contributed by atoms with Crippen molar-refractivity contribution in [2.45, 2.75) is 0 Å². The molecule has 1 aliphatic heterocycles. The number of hydrogen-bond donors (Lipinski definition) is 1. The topological polar surface area (TPSA) is 56.3 Å². The second-order valence-electron chi connectivity index (χ2n) is 1.50. The van der Waals surface area contributed by atoms with E-state index in [-0.39, 0.29) is 0 Å². The van der Waals surface area contributed by atoms with Gasteiger partial charge in [0.1, 0.15) is 6.33 Å². The Morgan fingerprint density at radius 1 is 1.56 bits per heavy atom. The molecule has 0 amide bonds. The predicted molar refractivity (Wildman–Crippen MR) is 27.4 cm³/mol.